The molecule has 1 atom stereocenters. The van der Waals surface area contributed by atoms with Crippen LogP contribution in [0.1, 0.15) is 26.2 Å². The smallest absolute Gasteiger partial charge is 0.0621 e. The summed E-state index contributed by atoms with van der Waals surface area (Å²) in [7, 11) is 0. The summed E-state index contributed by atoms with van der Waals surface area (Å²) in [5.74, 6) is 0. The average molecular weight is 186 g/mol. The van der Waals surface area contributed by atoms with Crippen LogP contribution < -0.4 is 5.32 Å². The molecule has 0 fully saturated rings. The molecule has 0 aromatic carbocycles. The summed E-state index contributed by atoms with van der Waals surface area (Å²) >= 11 is 1.88. The minimum Gasteiger partial charge on any atom is -0.316 e. The maximum Gasteiger partial charge on any atom is 0.0621 e. The number of nitriles is 1. The van der Waals surface area contributed by atoms with Gasteiger partial charge >= 0.3 is 0 Å². The Hall–Kier alpha value is -0.200. The summed E-state index contributed by atoms with van der Waals surface area (Å²) in [6.45, 7) is 4.34. The second-order valence-corrected chi connectivity index (χ2v) is 4.14. The summed E-state index contributed by atoms with van der Waals surface area (Å²) in [5.41, 5.74) is 0. The highest BCUT2D eigenvalue weighted by Crippen LogP contribution is 2.02. The van der Waals surface area contributed by atoms with Crippen LogP contribution in [0, 0.1) is 11.3 Å². The normalized spacial score (nSPS) is 12.4. The molecule has 0 bridgehead atoms. The van der Waals surface area contributed by atoms with Gasteiger partial charge in [0, 0.05) is 18.2 Å². The third-order valence-electron chi connectivity index (χ3n) is 1.73. The van der Waals surface area contributed by atoms with E-state index in [4.69, 9.17) is 5.26 Å². The third-order valence-corrected chi connectivity index (χ3v) is 2.70. The van der Waals surface area contributed by atoms with Gasteiger partial charge in [0.1, 0.15) is 0 Å². The number of hydrogen-bond acceptors (Lipinski definition) is 3. The molecule has 0 saturated heterocycles. The number of rotatable bonds is 7. The SMILES string of the molecule is CSC(C)CNCCCCC#N. The monoisotopic (exact) mass is 186 g/mol. The highest BCUT2D eigenvalue weighted by molar-refractivity contribution is 7.99. The zero-order chi connectivity index (χ0) is 9.23. The molecule has 0 aliphatic carbocycles. The molecular weight excluding hydrogens is 168 g/mol. The molecule has 0 aliphatic rings. The zero-order valence-corrected chi connectivity index (χ0v) is 8.78. The first-order valence-electron chi connectivity index (χ1n) is 4.41. The van der Waals surface area contributed by atoms with E-state index in [2.05, 4.69) is 24.6 Å². The average Bonchev–Trinajstić information content (AvgIpc) is 2.10. The van der Waals surface area contributed by atoms with Gasteiger partial charge in [0.15, 0.2) is 0 Å². The fraction of sp³-hybridized carbons (Fsp3) is 0.889. The van der Waals surface area contributed by atoms with Gasteiger partial charge in [-0.2, -0.15) is 17.0 Å². The van der Waals surface area contributed by atoms with Crippen LogP contribution in [0.3, 0.4) is 0 Å². The van der Waals surface area contributed by atoms with Crippen molar-refractivity contribution in [1.82, 2.24) is 5.32 Å². The summed E-state index contributed by atoms with van der Waals surface area (Å²) in [6, 6.07) is 2.15. The van der Waals surface area contributed by atoms with E-state index in [-0.39, 0.29) is 0 Å². The van der Waals surface area contributed by atoms with Crippen LogP contribution in [0.15, 0.2) is 0 Å². The maximum atomic E-state index is 8.28. The first kappa shape index (κ1) is 11.8. The van der Waals surface area contributed by atoms with Crippen molar-refractivity contribution in [3.05, 3.63) is 0 Å². The molecule has 0 aromatic heterocycles. The van der Waals surface area contributed by atoms with Crippen molar-refractivity contribution >= 4 is 11.8 Å². The lowest BCUT2D eigenvalue weighted by molar-refractivity contribution is 0.627. The lowest BCUT2D eigenvalue weighted by Gasteiger charge is -2.08. The first-order chi connectivity index (χ1) is 5.81. The van der Waals surface area contributed by atoms with Crippen LogP contribution in [0.25, 0.3) is 0 Å². The fourth-order valence-electron chi connectivity index (χ4n) is 0.843. The molecule has 70 valence electrons. The molecule has 0 spiro atoms. The minimum atomic E-state index is 0.694. The lowest BCUT2D eigenvalue weighted by Crippen LogP contribution is -2.23. The number of unbranched alkanes of at least 4 members (excludes halogenated alkanes) is 2. The number of nitrogens with zero attached hydrogens (tertiary/aromatic N) is 1. The highest BCUT2D eigenvalue weighted by Gasteiger charge is 1.96. The topological polar surface area (TPSA) is 35.8 Å². The standard InChI is InChI=1S/C9H18N2S/c1-9(12-2)8-11-7-5-3-4-6-10/h9,11H,3-5,7-8H2,1-2H3. The number of nitrogens with one attached hydrogen (secondary N) is 1. The molecule has 0 rings (SSSR count). The van der Waals surface area contributed by atoms with Crippen molar-refractivity contribution in [3.63, 3.8) is 0 Å². The Bertz CT molecular complexity index is 131. The van der Waals surface area contributed by atoms with E-state index >= 15 is 0 Å². The van der Waals surface area contributed by atoms with Gasteiger partial charge in [-0.05, 0) is 25.6 Å². The van der Waals surface area contributed by atoms with Crippen LogP contribution in [0.2, 0.25) is 0 Å². The van der Waals surface area contributed by atoms with E-state index in [1.807, 2.05) is 11.8 Å². The quantitative estimate of drug-likeness (QED) is 0.618. The molecule has 0 amide bonds. The summed E-state index contributed by atoms with van der Waals surface area (Å²) in [5, 5.41) is 12.3. The molecule has 0 heterocycles. The molecule has 0 aromatic rings. The van der Waals surface area contributed by atoms with E-state index in [1.54, 1.807) is 0 Å². The van der Waals surface area contributed by atoms with Crippen LogP contribution in [0.4, 0.5) is 0 Å². The second-order valence-electron chi connectivity index (χ2n) is 2.87. The van der Waals surface area contributed by atoms with Crippen molar-refractivity contribution in [3.8, 4) is 6.07 Å². The molecule has 12 heavy (non-hydrogen) atoms. The Balaban J connectivity index is 2.96. The molecule has 0 aliphatic heterocycles. The van der Waals surface area contributed by atoms with Gasteiger partial charge in [-0.25, -0.2) is 0 Å². The van der Waals surface area contributed by atoms with Crippen LogP contribution in [-0.2, 0) is 0 Å². The molecule has 0 saturated carbocycles. The van der Waals surface area contributed by atoms with Gasteiger partial charge in [0.2, 0.25) is 0 Å². The van der Waals surface area contributed by atoms with Gasteiger partial charge < -0.3 is 5.32 Å². The van der Waals surface area contributed by atoms with E-state index < -0.39 is 0 Å². The molecular formula is C9H18N2S. The van der Waals surface area contributed by atoms with Crippen molar-refractivity contribution in [2.75, 3.05) is 19.3 Å². The van der Waals surface area contributed by atoms with E-state index in [1.165, 1.54) is 0 Å². The number of thioether (sulfide) groups is 1. The molecule has 0 radical (unpaired) electrons. The van der Waals surface area contributed by atoms with Crippen LogP contribution in [0.5, 0.6) is 0 Å². The van der Waals surface area contributed by atoms with Gasteiger partial charge in [-0.15, -0.1) is 0 Å². The van der Waals surface area contributed by atoms with Gasteiger partial charge in [-0.3, -0.25) is 0 Å². The summed E-state index contributed by atoms with van der Waals surface area (Å²) in [6.07, 6.45) is 4.97. The van der Waals surface area contributed by atoms with Gasteiger partial charge in [0.05, 0.1) is 6.07 Å². The third kappa shape index (κ3) is 7.90. The predicted octanol–water partition coefficient (Wildman–Crippen LogP) is 2.02. The molecule has 1 unspecified atom stereocenters. The Labute approximate surface area is 79.7 Å². The van der Waals surface area contributed by atoms with Crippen molar-refractivity contribution in [1.29, 1.82) is 5.26 Å². The van der Waals surface area contributed by atoms with E-state index in [9.17, 15) is 0 Å². The van der Waals surface area contributed by atoms with E-state index in [0.29, 0.717) is 11.7 Å². The number of hydrogen-bond donors (Lipinski definition) is 1. The Morgan fingerprint density at radius 3 is 2.83 bits per heavy atom. The van der Waals surface area contributed by atoms with Crippen molar-refractivity contribution < 1.29 is 0 Å². The first-order valence-corrected chi connectivity index (χ1v) is 5.70. The Kier molecular flexibility index (Phi) is 8.74. The predicted molar refractivity (Wildman–Crippen MR) is 55.3 cm³/mol. The minimum absolute atomic E-state index is 0.694. The van der Waals surface area contributed by atoms with Crippen LogP contribution in [-0.4, -0.2) is 24.6 Å². The maximum absolute atomic E-state index is 8.28. The molecule has 3 heteroatoms. The highest BCUT2D eigenvalue weighted by atomic mass is 32.2. The van der Waals surface area contributed by atoms with Gasteiger partial charge in [0.25, 0.3) is 0 Å². The van der Waals surface area contributed by atoms with Crippen molar-refractivity contribution in [2.24, 2.45) is 0 Å². The second kappa shape index (κ2) is 8.89. The van der Waals surface area contributed by atoms with Crippen LogP contribution >= 0.6 is 11.8 Å². The molecule has 1 N–H and O–H groups in total. The van der Waals surface area contributed by atoms with Gasteiger partial charge in [-0.1, -0.05) is 6.92 Å². The zero-order valence-electron chi connectivity index (χ0n) is 7.97. The summed E-state index contributed by atoms with van der Waals surface area (Å²) < 4.78 is 0. The van der Waals surface area contributed by atoms with E-state index in [0.717, 1.165) is 25.9 Å². The Morgan fingerprint density at radius 1 is 1.50 bits per heavy atom. The molecule has 2 nitrogen and oxygen atoms in total. The Morgan fingerprint density at radius 2 is 2.25 bits per heavy atom. The summed E-state index contributed by atoms with van der Waals surface area (Å²) in [4.78, 5) is 0. The van der Waals surface area contributed by atoms with Crippen molar-refractivity contribution in [2.45, 2.75) is 31.4 Å². The fourth-order valence-corrected chi connectivity index (χ4v) is 1.13. The lowest BCUT2D eigenvalue weighted by atomic mass is 10.2. The largest absolute Gasteiger partial charge is 0.316 e.